The molecule has 3 amide bonds. The number of halogens is 1. The number of amidine groups is 1. The summed E-state index contributed by atoms with van der Waals surface area (Å²) in [6.07, 6.45) is 1.24. The van der Waals surface area contributed by atoms with E-state index in [1.54, 1.807) is 12.1 Å². The van der Waals surface area contributed by atoms with Crippen molar-refractivity contribution in [1.82, 2.24) is 30.5 Å². The quantitative estimate of drug-likeness (QED) is 0.362. The molecule has 0 bridgehead atoms. The van der Waals surface area contributed by atoms with Gasteiger partial charge in [0.1, 0.15) is 36.1 Å². The van der Waals surface area contributed by atoms with E-state index in [0.29, 0.717) is 47.8 Å². The zero-order chi connectivity index (χ0) is 29.0. The third-order valence-electron chi connectivity index (χ3n) is 11.7. The smallest absolute Gasteiger partial charge is 0.270 e. The predicted octanol–water partition coefficient (Wildman–Crippen LogP) is 0.299. The van der Waals surface area contributed by atoms with Crippen molar-refractivity contribution in [3.05, 3.63) is 58.8 Å². The minimum atomic E-state index is -0.739. The topological polar surface area (TPSA) is 156 Å². The fraction of sp³-hybridized carbons (Fsp3) is 0.433. The van der Waals surface area contributed by atoms with Crippen LogP contribution in [0.3, 0.4) is 0 Å². The van der Waals surface area contributed by atoms with Crippen molar-refractivity contribution in [2.75, 3.05) is 19.7 Å². The molecule has 43 heavy (non-hydrogen) atoms. The van der Waals surface area contributed by atoms with Crippen molar-refractivity contribution in [3.8, 4) is 5.75 Å². The predicted molar refractivity (Wildman–Crippen MR) is 143 cm³/mol. The average Bonchev–Trinajstić information content (AvgIpc) is 3.63. The molecule has 13 heteroatoms. The van der Waals surface area contributed by atoms with Crippen molar-refractivity contribution in [1.29, 1.82) is 0 Å². The molecule has 11 rings (SSSR count). The highest BCUT2D eigenvalue weighted by Gasteiger charge is 3.10. The average molecular weight is 582 g/mol. The molecule has 1 aromatic carbocycles. The minimum Gasteiger partial charge on any atom is -0.486 e. The lowest BCUT2D eigenvalue weighted by molar-refractivity contribution is -0.635. The molecule has 216 valence electrons. The lowest BCUT2D eigenvalue weighted by Gasteiger charge is -3.11. The van der Waals surface area contributed by atoms with Gasteiger partial charge in [-0.15, -0.1) is 0 Å². The highest BCUT2D eigenvalue weighted by Crippen LogP contribution is 3.10. The number of benzene rings is 1. The molecule has 6 saturated carbocycles. The highest BCUT2D eigenvalue weighted by molar-refractivity contribution is 6.10. The van der Waals surface area contributed by atoms with E-state index in [9.17, 15) is 23.6 Å². The number of carbonyl (C=O) groups excluding carboxylic acids is 4. The summed E-state index contributed by atoms with van der Waals surface area (Å²) < 4.78 is 21.1. The van der Waals surface area contributed by atoms with Crippen molar-refractivity contribution < 1.29 is 28.3 Å². The van der Waals surface area contributed by atoms with Gasteiger partial charge in [-0.25, -0.2) is 13.9 Å². The van der Waals surface area contributed by atoms with Crippen molar-refractivity contribution in [3.63, 3.8) is 0 Å². The van der Waals surface area contributed by atoms with E-state index in [-0.39, 0.29) is 65.7 Å². The highest BCUT2D eigenvalue weighted by atomic mass is 19.1. The molecule has 3 aromatic rings. The van der Waals surface area contributed by atoms with Crippen molar-refractivity contribution >= 4 is 35.0 Å². The summed E-state index contributed by atoms with van der Waals surface area (Å²) in [6, 6.07) is 6.70. The zero-order valence-corrected chi connectivity index (χ0v) is 22.6. The summed E-state index contributed by atoms with van der Waals surface area (Å²) in [4.78, 5) is 58.7. The summed E-state index contributed by atoms with van der Waals surface area (Å²) in [5.74, 6) is 3.03. The van der Waals surface area contributed by atoms with Crippen LogP contribution in [-0.4, -0.2) is 63.6 Å². The first-order valence-corrected chi connectivity index (χ1v) is 14.6. The van der Waals surface area contributed by atoms with Crippen LogP contribution in [0.2, 0.25) is 0 Å². The number of amides is 3. The van der Waals surface area contributed by atoms with Gasteiger partial charge >= 0.3 is 0 Å². The Bertz CT molecular complexity index is 1880. The second kappa shape index (κ2) is 7.44. The fourth-order valence-electron chi connectivity index (χ4n) is 10.4. The number of Topliss-reactive ketones (excluding diaryl/α,β-unsaturated/α-hetero) is 1. The van der Waals surface area contributed by atoms with E-state index in [1.807, 2.05) is 6.07 Å². The first-order valence-electron chi connectivity index (χ1n) is 14.6. The molecule has 12 nitrogen and oxygen atoms in total. The van der Waals surface area contributed by atoms with Crippen LogP contribution in [0.25, 0.3) is 5.65 Å². The van der Waals surface area contributed by atoms with Crippen LogP contribution in [0.1, 0.15) is 32.1 Å². The van der Waals surface area contributed by atoms with Gasteiger partial charge in [0.05, 0.1) is 6.20 Å². The molecule has 2 aliphatic heterocycles. The Kier molecular flexibility index (Phi) is 4.13. The van der Waals surface area contributed by atoms with Crippen LogP contribution in [-0.2, 0) is 22.6 Å². The molecule has 0 spiro atoms. The number of carbonyl (C=O) groups is 4. The van der Waals surface area contributed by atoms with Crippen LogP contribution in [0.4, 0.5) is 4.39 Å². The Morgan fingerprint density at radius 2 is 1.86 bits per heavy atom. The Hall–Kier alpha value is -4.68. The van der Waals surface area contributed by atoms with Gasteiger partial charge < -0.3 is 20.7 Å². The van der Waals surface area contributed by atoms with E-state index in [2.05, 4.69) is 31.0 Å². The van der Waals surface area contributed by atoms with Crippen LogP contribution >= 0.6 is 0 Å². The number of rotatable bonds is 7. The van der Waals surface area contributed by atoms with E-state index in [1.165, 1.54) is 6.07 Å². The second-order valence-electron chi connectivity index (χ2n) is 13.0. The van der Waals surface area contributed by atoms with Gasteiger partial charge in [0.15, 0.2) is 17.2 Å². The number of ketones is 1. The summed E-state index contributed by atoms with van der Waals surface area (Å²) in [6.45, 7) is 0.943. The second-order valence-corrected chi connectivity index (χ2v) is 13.0. The van der Waals surface area contributed by atoms with Crippen LogP contribution in [0.15, 0.2) is 35.5 Å². The first kappa shape index (κ1) is 23.8. The largest absolute Gasteiger partial charge is 0.486 e. The Morgan fingerprint density at radius 1 is 1.07 bits per heavy atom. The number of hydrogen-bond donors (Lipinski definition) is 3. The molecule has 6 aliphatic carbocycles. The Balaban J connectivity index is 0.850. The third kappa shape index (κ3) is 2.51. The van der Waals surface area contributed by atoms with Crippen LogP contribution in [0.5, 0.6) is 5.75 Å². The monoisotopic (exact) mass is 581 g/mol. The number of fused-ring (bicyclic) bond motifs is 2. The Morgan fingerprint density at radius 3 is 2.60 bits per heavy atom. The van der Waals surface area contributed by atoms with Crippen LogP contribution in [0, 0.1) is 52.2 Å². The molecule has 3 N–H and O–H groups in total. The zero-order valence-electron chi connectivity index (χ0n) is 22.6. The number of aliphatic imine (C=N–C) groups is 1. The van der Waals surface area contributed by atoms with E-state index < -0.39 is 17.6 Å². The van der Waals surface area contributed by atoms with Gasteiger partial charge in [-0.05, 0) is 58.6 Å². The van der Waals surface area contributed by atoms with Gasteiger partial charge in [0, 0.05) is 36.6 Å². The van der Waals surface area contributed by atoms with Gasteiger partial charge in [-0.3, -0.25) is 24.2 Å². The van der Waals surface area contributed by atoms with Gasteiger partial charge in [0.2, 0.25) is 5.91 Å². The number of nitrogens with zero attached hydrogens (tertiary/aromatic N) is 4. The maximum Gasteiger partial charge on any atom is 0.270 e. The van der Waals surface area contributed by atoms with Crippen LogP contribution < -0.4 is 20.7 Å². The van der Waals surface area contributed by atoms with Crippen molar-refractivity contribution in [2.24, 2.45) is 51.3 Å². The molecule has 0 atom stereocenters. The van der Waals surface area contributed by atoms with Gasteiger partial charge in [-0.1, -0.05) is 6.07 Å². The molecule has 0 radical (unpaired) electrons. The van der Waals surface area contributed by atoms with E-state index in [0.717, 1.165) is 27.7 Å². The maximum absolute atomic E-state index is 14.6. The van der Waals surface area contributed by atoms with Gasteiger partial charge in [-0.2, -0.15) is 5.10 Å². The summed E-state index contributed by atoms with van der Waals surface area (Å²) in [5, 5.41) is 12.8. The molecule has 0 unspecified atom stereocenters. The molecule has 2 aromatic heterocycles. The first-order chi connectivity index (χ1) is 20.8. The Labute approximate surface area is 242 Å². The molecule has 0 saturated heterocycles. The van der Waals surface area contributed by atoms with Crippen molar-refractivity contribution in [2.45, 2.75) is 13.0 Å². The molecule has 6 fully saturated rings. The molecule has 8 aliphatic rings. The lowest BCUT2D eigenvalue weighted by atomic mass is 8.92. The summed E-state index contributed by atoms with van der Waals surface area (Å²) in [5.41, 5.74) is 1.43. The fourth-order valence-corrected chi connectivity index (χ4v) is 10.4. The standard InChI is InChI=1S/C30H24FN7O5/c31-14-7-35-38-16(5-15(36-25(14)38)26(41)32-6-11-1-2-17-12(3-11)4-13(39)9-43-17)27(42)34-10-29-19-22-20(29)24-21(29)23(19)30(22,24)28-33-8-18(40)37-28/h1-3,5,7,19-24H,4,6,8-10H2,(H,32,41)(H,34,42)(H,33,37,40). The SMILES string of the molecule is O=C1COc2ccc(CNC(=O)c3cc(C(=O)NCC45C6C7C4C4C5C6C74C4=NCC(=O)N4)n4ncc(F)c4n3)cc2C1. The molecular weight excluding hydrogens is 557 g/mol. The maximum atomic E-state index is 14.6. The minimum absolute atomic E-state index is 0.0162. The summed E-state index contributed by atoms with van der Waals surface area (Å²) >= 11 is 0. The molecular formula is C30H24FN7O5. The lowest BCUT2D eigenvalue weighted by Crippen LogP contribution is -3.12. The molecule has 4 heterocycles. The number of aromatic nitrogens is 3. The number of ether oxygens (including phenoxy) is 1. The third-order valence-corrected chi connectivity index (χ3v) is 11.7. The normalized spacial score (nSPS) is 36.0. The summed E-state index contributed by atoms with van der Waals surface area (Å²) in [7, 11) is 0. The van der Waals surface area contributed by atoms with E-state index >= 15 is 0 Å². The number of nitrogens with one attached hydrogen (secondary N) is 3. The van der Waals surface area contributed by atoms with Gasteiger partial charge in [0.25, 0.3) is 11.8 Å². The van der Waals surface area contributed by atoms with E-state index in [4.69, 9.17) is 4.74 Å². The number of hydrogen-bond acceptors (Lipinski definition) is 8.